The number of hydrogen-bond donors (Lipinski definition) is 0. The minimum atomic E-state index is 0.155. The van der Waals surface area contributed by atoms with Crippen molar-refractivity contribution in [1.29, 1.82) is 0 Å². The molecule has 13 rings (SSSR count). The average molecular weight is 654 g/mol. The highest BCUT2D eigenvalue weighted by molar-refractivity contribution is 6.06. The average Bonchev–Trinajstić information content (AvgIpc) is 3.66. The monoisotopic (exact) mass is 653 g/mol. The van der Waals surface area contributed by atoms with Crippen LogP contribution in [-0.2, 0) is 5.41 Å². The van der Waals surface area contributed by atoms with E-state index in [0.29, 0.717) is 5.41 Å². The molecule has 2 heteroatoms. The SMILES string of the molecule is c1ccc(-c2ccc3c(c2)C2(c4ccc(N(c5ccc6ccccc6c5)c5ccc6c(c5)oc5ccccc56)cc4-3)C3CC4CC5CC2C453)cc1. The van der Waals surface area contributed by atoms with Crippen LogP contribution in [0.1, 0.15) is 30.4 Å². The van der Waals surface area contributed by atoms with E-state index < -0.39 is 0 Å². The molecule has 0 saturated heterocycles. The molecule has 4 fully saturated rings. The largest absolute Gasteiger partial charge is 0.456 e. The maximum absolute atomic E-state index is 6.44. The van der Waals surface area contributed by atoms with E-state index in [1.165, 1.54) is 58.0 Å². The van der Waals surface area contributed by atoms with Crippen molar-refractivity contribution in [2.75, 3.05) is 4.90 Å². The Hall–Kier alpha value is -5.60. The van der Waals surface area contributed by atoms with Gasteiger partial charge in [0.05, 0.1) is 0 Å². The van der Waals surface area contributed by atoms with Crippen molar-refractivity contribution in [1.82, 2.24) is 0 Å². The lowest BCUT2D eigenvalue weighted by Gasteiger charge is -2.92. The van der Waals surface area contributed by atoms with Gasteiger partial charge in [0.2, 0.25) is 0 Å². The number of furan rings is 1. The second-order valence-corrected chi connectivity index (χ2v) is 16.1. The van der Waals surface area contributed by atoms with Gasteiger partial charge < -0.3 is 9.32 Å². The third-order valence-corrected chi connectivity index (χ3v) is 14.5. The number of fused-ring (bicyclic) bond motifs is 11. The van der Waals surface area contributed by atoms with Crippen molar-refractivity contribution in [3.05, 3.63) is 163 Å². The van der Waals surface area contributed by atoms with Gasteiger partial charge >= 0.3 is 0 Å². The van der Waals surface area contributed by atoms with Gasteiger partial charge in [0.25, 0.3) is 0 Å². The quantitative estimate of drug-likeness (QED) is 0.188. The fraction of sp³-hybridized carbons (Fsp3) is 0.184. The molecular weight excluding hydrogens is 619 g/mol. The second kappa shape index (κ2) is 9.19. The molecule has 0 N–H and O–H groups in total. The summed E-state index contributed by atoms with van der Waals surface area (Å²) in [7, 11) is 0. The Balaban J connectivity index is 1.02. The lowest BCUT2D eigenvalue weighted by atomic mass is 9.11. The van der Waals surface area contributed by atoms with Crippen LogP contribution in [0.4, 0.5) is 17.1 Å². The predicted octanol–water partition coefficient (Wildman–Crippen LogP) is 12.8. The molecule has 242 valence electrons. The first-order valence-electron chi connectivity index (χ1n) is 18.8. The molecule has 0 aliphatic heterocycles. The van der Waals surface area contributed by atoms with Gasteiger partial charge in [-0.1, -0.05) is 97.1 Å². The fourth-order valence-corrected chi connectivity index (χ4v) is 12.6. The Labute approximate surface area is 297 Å². The van der Waals surface area contributed by atoms with Gasteiger partial charge in [0.15, 0.2) is 0 Å². The van der Waals surface area contributed by atoms with E-state index in [-0.39, 0.29) is 5.41 Å². The van der Waals surface area contributed by atoms with E-state index in [9.17, 15) is 0 Å². The zero-order valence-electron chi connectivity index (χ0n) is 28.2. The number of anilines is 3. The molecule has 5 aliphatic rings. The zero-order valence-corrected chi connectivity index (χ0v) is 28.2. The van der Waals surface area contributed by atoms with Crippen LogP contribution in [0.5, 0.6) is 0 Å². The molecule has 2 nitrogen and oxygen atoms in total. The third kappa shape index (κ3) is 3.10. The predicted molar refractivity (Wildman–Crippen MR) is 208 cm³/mol. The van der Waals surface area contributed by atoms with E-state index in [1.54, 1.807) is 11.1 Å². The fourth-order valence-electron chi connectivity index (χ4n) is 12.6. The highest BCUT2D eigenvalue weighted by Crippen LogP contribution is 2.94. The molecule has 8 aromatic rings. The minimum absolute atomic E-state index is 0.155. The van der Waals surface area contributed by atoms with Gasteiger partial charge in [0.1, 0.15) is 11.2 Å². The molecule has 2 spiro atoms. The molecule has 4 saturated carbocycles. The van der Waals surface area contributed by atoms with E-state index in [4.69, 9.17) is 4.42 Å². The molecule has 7 aromatic carbocycles. The van der Waals surface area contributed by atoms with Crippen molar-refractivity contribution in [3.8, 4) is 22.3 Å². The Morgan fingerprint density at radius 2 is 1.18 bits per heavy atom. The third-order valence-electron chi connectivity index (χ3n) is 14.5. The van der Waals surface area contributed by atoms with Crippen molar-refractivity contribution in [2.24, 2.45) is 29.1 Å². The summed E-state index contributed by atoms with van der Waals surface area (Å²) in [6.07, 6.45) is 4.30. The number of nitrogens with zero attached hydrogens (tertiary/aromatic N) is 1. The van der Waals surface area contributed by atoms with Crippen LogP contribution in [-0.4, -0.2) is 0 Å². The maximum atomic E-state index is 6.44. The summed E-state index contributed by atoms with van der Waals surface area (Å²) in [5.74, 6) is 3.54. The number of rotatable bonds is 4. The standard InChI is InChI=1S/C49H35NO/c1-2-8-29(9-3-1)32-15-19-38-41-27-36(18-21-42(41)49(43(38)23-32)46-25-33-24-34-26-47(49)48(33,34)46)50(35-16-14-30-10-4-5-11-31(30)22-35)37-17-20-40-39-12-6-7-13-44(39)51-45(40)28-37/h1-23,27-28,33-34,46-47H,24-26H2. The van der Waals surface area contributed by atoms with Gasteiger partial charge in [-0.05, 0) is 141 Å². The van der Waals surface area contributed by atoms with Crippen molar-refractivity contribution in [2.45, 2.75) is 24.7 Å². The molecule has 0 amide bonds. The molecule has 1 heterocycles. The first-order valence-corrected chi connectivity index (χ1v) is 18.8. The molecule has 51 heavy (non-hydrogen) atoms. The number of hydrogen-bond acceptors (Lipinski definition) is 2. The summed E-state index contributed by atoms with van der Waals surface area (Å²) < 4.78 is 6.44. The van der Waals surface area contributed by atoms with Crippen LogP contribution in [0, 0.1) is 29.1 Å². The smallest absolute Gasteiger partial charge is 0.137 e. The van der Waals surface area contributed by atoms with E-state index in [0.717, 1.165) is 57.0 Å². The molecular formula is C49H35NO. The Morgan fingerprint density at radius 3 is 2.04 bits per heavy atom. The molecule has 0 bridgehead atoms. The van der Waals surface area contributed by atoms with Gasteiger partial charge in [-0.15, -0.1) is 0 Å². The van der Waals surface area contributed by atoms with Crippen LogP contribution in [0.15, 0.2) is 156 Å². The Morgan fingerprint density at radius 1 is 0.471 bits per heavy atom. The van der Waals surface area contributed by atoms with E-state index in [1.807, 2.05) is 6.07 Å². The summed E-state index contributed by atoms with van der Waals surface area (Å²) in [6, 6.07) is 56.5. The second-order valence-electron chi connectivity index (χ2n) is 16.1. The first kappa shape index (κ1) is 27.2. The molecule has 0 radical (unpaired) electrons. The minimum Gasteiger partial charge on any atom is -0.456 e. The van der Waals surface area contributed by atoms with Crippen molar-refractivity contribution in [3.63, 3.8) is 0 Å². The van der Waals surface area contributed by atoms with Gasteiger partial charge in [-0.3, -0.25) is 0 Å². The summed E-state index contributed by atoms with van der Waals surface area (Å²) in [5, 5.41) is 4.80. The maximum Gasteiger partial charge on any atom is 0.137 e. The van der Waals surface area contributed by atoms with Crippen LogP contribution in [0.2, 0.25) is 0 Å². The number of benzene rings is 7. The summed E-state index contributed by atoms with van der Waals surface area (Å²) >= 11 is 0. The van der Waals surface area contributed by atoms with Crippen LogP contribution >= 0.6 is 0 Å². The Kier molecular flexibility index (Phi) is 4.89. The van der Waals surface area contributed by atoms with Crippen molar-refractivity contribution < 1.29 is 4.42 Å². The first-order chi connectivity index (χ1) is 25.2. The zero-order chi connectivity index (χ0) is 33.1. The summed E-state index contributed by atoms with van der Waals surface area (Å²) in [4.78, 5) is 2.44. The normalized spacial score (nSPS) is 27.1. The highest BCUT2D eigenvalue weighted by Gasteiger charge is 2.90. The van der Waals surface area contributed by atoms with Gasteiger partial charge in [-0.2, -0.15) is 0 Å². The van der Waals surface area contributed by atoms with Crippen molar-refractivity contribution >= 4 is 49.8 Å². The topological polar surface area (TPSA) is 16.4 Å². The lowest BCUT2D eigenvalue weighted by molar-refractivity contribution is -0.412. The van der Waals surface area contributed by atoms with Crippen LogP contribution < -0.4 is 4.90 Å². The highest BCUT2D eigenvalue weighted by atomic mass is 16.3. The van der Waals surface area contributed by atoms with Gasteiger partial charge in [0, 0.05) is 39.3 Å². The summed E-state index contributed by atoms with van der Waals surface area (Å²) in [6.45, 7) is 0. The van der Waals surface area contributed by atoms with E-state index in [2.05, 4.69) is 150 Å². The lowest BCUT2D eigenvalue weighted by Crippen LogP contribution is -2.88. The molecule has 4 unspecified atom stereocenters. The van der Waals surface area contributed by atoms with Crippen LogP contribution in [0.3, 0.4) is 0 Å². The Bertz CT molecular complexity index is 2770. The van der Waals surface area contributed by atoms with Crippen LogP contribution in [0.25, 0.3) is 55.0 Å². The molecule has 1 aromatic heterocycles. The molecule has 4 atom stereocenters. The number of para-hydroxylation sites is 1. The van der Waals surface area contributed by atoms with Gasteiger partial charge in [-0.25, -0.2) is 0 Å². The molecule has 5 aliphatic carbocycles. The summed E-state index contributed by atoms with van der Waals surface area (Å²) in [5.41, 5.74) is 14.8. The van der Waals surface area contributed by atoms with E-state index >= 15 is 0 Å².